The summed E-state index contributed by atoms with van der Waals surface area (Å²) in [5.74, 6) is -2.24. The van der Waals surface area contributed by atoms with Crippen LogP contribution in [0.4, 0.5) is 5.69 Å². The van der Waals surface area contributed by atoms with Crippen molar-refractivity contribution >= 4 is 23.3 Å². The Balaban J connectivity index is 2.85. The molecule has 0 aliphatic carbocycles. The second-order valence-corrected chi connectivity index (χ2v) is 4.96. The monoisotopic (exact) mass is 308 g/mol. The van der Waals surface area contributed by atoms with Crippen molar-refractivity contribution in [1.82, 2.24) is 9.78 Å². The Morgan fingerprint density at radius 3 is 2.59 bits per heavy atom. The predicted octanol–water partition coefficient (Wildman–Crippen LogP) is -0.508. The lowest BCUT2D eigenvalue weighted by atomic mass is 9.76. The Kier molecular flexibility index (Phi) is 3.74. The minimum absolute atomic E-state index is 0.0154. The van der Waals surface area contributed by atoms with E-state index in [0.717, 1.165) is 4.68 Å². The number of fused-ring (bicyclic) bond motifs is 1. The van der Waals surface area contributed by atoms with E-state index in [4.69, 9.17) is 4.74 Å². The van der Waals surface area contributed by atoms with Crippen LogP contribution in [0.25, 0.3) is 0 Å². The van der Waals surface area contributed by atoms with E-state index in [2.05, 4.69) is 10.2 Å². The number of rotatable bonds is 3. The van der Waals surface area contributed by atoms with Crippen molar-refractivity contribution < 1.29 is 19.4 Å². The van der Waals surface area contributed by atoms with Crippen LogP contribution in [0.2, 0.25) is 0 Å². The summed E-state index contributed by atoms with van der Waals surface area (Å²) in [5.41, 5.74) is -2.60. The highest BCUT2D eigenvalue weighted by atomic mass is 16.5. The van der Waals surface area contributed by atoms with Crippen molar-refractivity contribution in [3.8, 4) is 0 Å². The molecular formula is C13H16N4O5. The lowest BCUT2D eigenvalue weighted by Gasteiger charge is -2.34. The smallest absolute Gasteiger partial charge is 0.353 e. The SMILES string of the molecule is CCOC(=O)C1(C)C(C(=O)O)=NN(C)c2cnn(C)c(=O)c21. The summed E-state index contributed by atoms with van der Waals surface area (Å²) >= 11 is 0. The fraction of sp³-hybridized carbons (Fsp3) is 0.462. The van der Waals surface area contributed by atoms with Crippen LogP contribution >= 0.6 is 0 Å². The van der Waals surface area contributed by atoms with Crippen molar-refractivity contribution in [2.75, 3.05) is 18.7 Å². The molecular weight excluding hydrogens is 292 g/mol. The summed E-state index contributed by atoms with van der Waals surface area (Å²) in [5, 5.41) is 18.4. The molecule has 1 atom stereocenters. The molecule has 1 aliphatic heterocycles. The van der Waals surface area contributed by atoms with E-state index in [0.29, 0.717) is 0 Å². The molecule has 1 N–H and O–H groups in total. The van der Waals surface area contributed by atoms with Crippen molar-refractivity contribution in [3.63, 3.8) is 0 Å². The quantitative estimate of drug-likeness (QED) is 0.748. The molecule has 0 spiro atoms. The van der Waals surface area contributed by atoms with E-state index >= 15 is 0 Å². The van der Waals surface area contributed by atoms with E-state index in [-0.39, 0.29) is 17.9 Å². The van der Waals surface area contributed by atoms with Gasteiger partial charge in [0.2, 0.25) is 0 Å². The van der Waals surface area contributed by atoms with Crippen LogP contribution in [-0.4, -0.2) is 46.2 Å². The third-order valence-corrected chi connectivity index (χ3v) is 3.58. The van der Waals surface area contributed by atoms with Gasteiger partial charge in [-0.2, -0.15) is 10.2 Å². The van der Waals surface area contributed by atoms with E-state index in [1.54, 1.807) is 6.92 Å². The number of aryl methyl sites for hydroxylation is 1. The van der Waals surface area contributed by atoms with Gasteiger partial charge in [-0.25, -0.2) is 9.48 Å². The Bertz CT molecular complexity index is 738. The molecule has 22 heavy (non-hydrogen) atoms. The third-order valence-electron chi connectivity index (χ3n) is 3.58. The molecule has 1 aromatic rings. The number of carbonyl (C=O) groups is 2. The second kappa shape index (κ2) is 5.24. The van der Waals surface area contributed by atoms with Gasteiger partial charge in [0.05, 0.1) is 24.1 Å². The van der Waals surface area contributed by atoms with Crippen molar-refractivity contribution in [3.05, 3.63) is 22.1 Å². The molecule has 0 bridgehead atoms. The number of carboxylic acids is 1. The molecule has 1 aromatic heterocycles. The molecule has 0 saturated heterocycles. The normalized spacial score (nSPS) is 20.2. The molecule has 0 amide bonds. The van der Waals surface area contributed by atoms with E-state index in [1.165, 1.54) is 32.2 Å². The molecule has 0 saturated carbocycles. The zero-order chi connectivity index (χ0) is 16.7. The summed E-state index contributed by atoms with van der Waals surface area (Å²) in [6, 6.07) is 0. The summed E-state index contributed by atoms with van der Waals surface area (Å²) < 4.78 is 6.02. The fourth-order valence-corrected chi connectivity index (χ4v) is 2.40. The Morgan fingerprint density at radius 1 is 1.41 bits per heavy atom. The van der Waals surface area contributed by atoms with Crippen LogP contribution in [0.1, 0.15) is 19.4 Å². The van der Waals surface area contributed by atoms with E-state index in [9.17, 15) is 19.5 Å². The lowest BCUT2D eigenvalue weighted by Crippen LogP contribution is -2.53. The first-order chi connectivity index (χ1) is 10.2. The predicted molar refractivity (Wildman–Crippen MR) is 76.9 cm³/mol. The number of hydrazone groups is 1. The van der Waals surface area contributed by atoms with Gasteiger partial charge in [-0.1, -0.05) is 0 Å². The van der Waals surface area contributed by atoms with E-state index < -0.39 is 28.6 Å². The highest BCUT2D eigenvalue weighted by molar-refractivity contribution is 6.44. The number of carboxylic acid groups (broad SMARTS) is 1. The topological polar surface area (TPSA) is 114 Å². The van der Waals surface area contributed by atoms with Crippen molar-refractivity contribution in [2.24, 2.45) is 12.1 Å². The zero-order valence-electron chi connectivity index (χ0n) is 12.7. The van der Waals surface area contributed by atoms with Gasteiger partial charge in [0.1, 0.15) is 5.41 Å². The molecule has 9 nitrogen and oxygen atoms in total. The molecule has 1 aliphatic rings. The number of carbonyl (C=O) groups excluding carboxylic acids is 1. The minimum Gasteiger partial charge on any atom is -0.477 e. The van der Waals surface area contributed by atoms with Crippen LogP contribution in [0.5, 0.6) is 0 Å². The second-order valence-electron chi connectivity index (χ2n) is 4.96. The summed E-state index contributed by atoms with van der Waals surface area (Å²) in [6.45, 7) is 2.97. The van der Waals surface area contributed by atoms with Gasteiger partial charge in [0, 0.05) is 14.1 Å². The van der Waals surface area contributed by atoms with Crippen LogP contribution in [0.3, 0.4) is 0 Å². The van der Waals surface area contributed by atoms with Gasteiger partial charge in [0.15, 0.2) is 5.71 Å². The maximum atomic E-state index is 12.5. The Labute approximate surface area is 125 Å². The van der Waals surface area contributed by atoms with Gasteiger partial charge in [-0.05, 0) is 13.8 Å². The molecule has 0 aromatic carbocycles. The van der Waals surface area contributed by atoms with E-state index in [1.807, 2.05) is 0 Å². The third kappa shape index (κ3) is 2.05. The van der Waals surface area contributed by atoms with Gasteiger partial charge < -0.3 is 9.84 Å². The first-order valence-corrected chi connectivity index (χ1v) is 6.55. The van der Waals surface area contributed by atoms with Gasteiger partial charge in [-0.15, -0.1) is 0 Å². The maximum Gasteiger partial charge on any atom is 0.353 e. The Hall–Kier alpha value is -2.71. The number of aliphatic carboxylic acids is 1. The average Bonchev–Trinajstić information content (AvgIpc) is 2.45. The standard InChI is InChI=1S/C13H16N4O5/c1-5-22-12(21)13(2)8-7(6-14-17(4)10(8)18)16(3)15-9(13)11(19)20/h6H,5H2,1-4H3,(H,19,20). The largest absolute Gasteiger partial charge is 0.477 e. The average molecular weight is 308 g/mol. The van der Waals surface area contributed by atoms with Gasteiger partial charge in [-0.3, -0.25) is 14.6 Å². The van der Waals surface area contributed by atoms with Crippen molar-refractivity contribution in [1.29, 1.82) is 0 Å². The number of nitrogens with zero attached hydrogens (tertiary/aromatic N) is 4. The fourth-order valence-electron chi connectivity index (χ4n) is 2.40. The first-order valence-electron chi connectivity index (χ1n) is 6.55. The van der Waals surface area contributed by atoms with Gasteiger partial charge in [0.25, 0.3) is 5.56 Å². The highest BCUT2D eigenvalue weighted by Crippen LogP contribution is 2.36. The molecule has 118 valence electrons. The molecule has 2 rings (SSSR count). The molecule has 0 fully saturated rings. The number of anilines is 1. The van der Waals surface area contributed by atoms with Gasteiger partial charge >= 0.3 is 11.9 Å². The summed E-state index contributed by atoms with van der Waals surface area (Å²) in [7, 11) is 2.90. The molecule has 9 heteroatoms. The number of esters is 1. The summed E-state index contributed by atoms with van der Waals surface area (Å²) in [6.07, 6.45) is 1.36. The summed E-state index contributed by atoms with van der Waals surface area (Å²) in [4.78, 5) is 36.4. The Morgan fingerprint density at radius 2 is 2.05 bits per heavy atom. The van der Waals surface area contributed by atoms with Crippen LogP contribution in [-0.2, 0) is 26.8 Å². The van der Waals surface area contributed by atoms with Crippen LogP contribution in [0, 0.1) is 0 Å². The number of hydrogen-bond acceptors (Lipinski definition) is 7. The highest BCUT2D eigenvalue weighted by Gasteiger charge is 2.52. The van der Waals surface area contributed by atoms with Crippen LogP contribution in [0.15, 0.2) is 16.1 Å². The lowest BCUT2D eigenvalue weighted by molar-refractivity contribution is -0.148. The zero-order valence-corrected chi connectivity index (χ0v) is 12.7. The van der Waals surface area contributed by atoms with Crippen LogP contribution < -0.4 is 10.6 Å². The number of hydrogen-bond donors (Lipinski definition) is 1. The minimum atomic E-state index is -1.80. The molecule has 0 radical (unpaired) electrons. The maximum absolute atomic E-state index is 12.5. The molecule has 1 unspecified atom stereocenters. The number of aromatic nitrogens is 2. The molecule has 2 heterocycles. The van der Waals surface area contributed by atoms with Crippen molar-refractivity contribution in [2.45, 2.75) is 19.3 Å². The first kappa shape index (κ1) is 15.7. The number of ether oxygens (including phenoxy) is 1.